The predicted octanol–water partition coefficient (Wildman–Crippen LogP) is 2.09. The number of carbonyl (C=O) groups excluding carboxylic acids is 1. The fraction of sp³-hybridized carbons (Fsp3) is 0.833. The van der Waals surface area contributed by atoms with Gasteiger partial charge in [0.1, 0.15) is 13.1 Å². The number of hydrogen-bond acceptors (Lipinski definition) is 3. The summed E-state index contributed by atoms with van der Waals surface area (Å²) >= 11 is 7.39. The number of likely N-dealkylation sites (N-methyl/N-ethyl adjacent to an activating group) is 2. The summed E-state index contributed by atoms with van der Waals surface area (Å²) in [6.45, 7) is 9.71. The summed E-state index contributed by atoms with van der Waals surface area (Å²) in [7, 11) is 4.23. The zero-order valence-corrected chi connectivity index (χ0v) is 20.9. The van der Waals surface area contributed by atoms with E-state index in [1.54, 1.807) is 6.92 Å². The molecule has 1 amide bonds. The van der Waals surface area contributed by atoms with E-state index in [0.717, 1.165) is 39.3 Å². The third-order valence-corrected chi connectivity index (χ3v) is 3.33. The Morgan fingerprint density at radius 1 is 1.43 bits per heavy atom. The van der Waals surface area contributed by atoms with Crippen molar-refractivity contribution in [1.29, 1.82) is 0 Å². The van der Waals surface area contributed by atoms with Gasteiger partial charge in [-0.1, -0.05) is 0 Å². The summed E-state index contributed by atoms with van der Waals surface area (Å²) in [6, 6.07) is 0. The van der Waals surface area contributed by atoms with Crippen molar-refractivity contribution in [3.8, 4) is 0 Å². The van der Waals surface area contributed by atoms with Crippen molar-refractivity contribution in [2.45, 2.75) is 13.8 Å². The van der Waals surface area contributed by atoms with Crippen LogP contribution in [0.4, 0.5) is 0 Å². The van der Waals surface area contributed by atoms with Gasteiger partial charge in [0.25, 0.3) is 0 Å². The molecular weight excluding hydrogens is 648 g/mol. The second-order valence-electron chi connectivity index (χ2n) is 4.93. The van der Waals surface area contributed by atoms with Gasteiger partial charge in [-0.05, 0) is 7.05 Å². The number of halogens is 3. The Morgan fingerprint density at radius 3 is 2.43 bits per heavy atom. The Morgan fingerprint density at radius 2 is 2.00 bits per heavy atom. The molecule has 0 aliphatic carbocycles. The maximum absolute atomic E-state index is 10.7. The van der Waals surface area contributed by atoms with E-state index in [2.05, 4.69) is 101 Å². The number of nitrogens with one attached hydrogen (secondary N) is 1. The maximum atomic E-state index is 10.7. The number of hydrogen-bond donors (Lipinski definition) is 1. The Hall–Kier alpha value is 1.67. The zero-order valence-electron chi connectivity index (χ0n) is 13.1. The zero-order chi connectivity index (χ0) is 16.4. The number of nitrogens with zero attached hydrogens (tertiary/aromatic N) is 3. The third-order valence-electron chi connectivity index (χ3n) is 3.33. The van der Waals surface area contributed by atoms with Crippen LogP contribution < -0.4 is 5.32 Å². The quantitative estimate of drug-likeness (QED) is 0.347. The summed E-state index contributed by atoms with van der Waals surface area (Å²) in [5.41, 5.74) is 0. The molecule has 0 atom stereocenters. The summed E-state index contributed by atoms with van der Waals surface area (Å²) in [6.07, 6.45) is 0. The summed E-state index contributed by atoms with van der Waals surface area (Å²) < 4.78 is 2.29. The molecule has 0 radical (unpaired) electrons. The van der Waals surface area contributed by atoms with Gasteiger partial charge < -0.3 is 10.2 Å². The third kappa shape index (κ3) is 12.7. The Bertz CT molecular complexity index is 353. The molecule has 1 aliphatic heterocycles. The fourth-order valence-corrected chi connectivity index (χ4v) is 1.94. The van der Waals surface area contributed by atoms with Gasteiger partial charge in [-0.2, -0.15) is 0 Å². The van der Waals surface area contributed by atoms with Crippen LogP contribution in [0.15, 0.2) is 0 Å². The topological polar surface area (TPSA) is 38.6 Å². The minimum atomic E-state index is -0.278. The van der Waals surface area contributed by atoms with Crippen molar-refractivity contribution in [3.63, 3.8) is 0 Å². The van der Waals surface area contributed by atoms with Gasteiger partial charge in [-0.25, -0.2) is 0 Å². The molecule has 0 saturated carbocycles. The second kappa shape index (κ2) is 13.0. The molecule has 0 unspecified atom stereocenters. The van der Waals surface area contributed by atoms with Gasteiger partial charge >= 0.3 is 64.9 Å². The average Bonchev–Trinajstić information content (AvgIpc) is 2.66. The van der Waals surface area contributed by atoms with E-state index in [-0.39, 0.29) is 10.8 Å². The molecule has 1 heterocycles. The van der Waals surface area contributed by atoms with Crippen LogP contribution in [-0.4, -0.2) is 79.5 Å². The van der Waals surface area contributed by atoms with E-state index >= 15 is 0 Å². The SMILES string of the molecule is CC(=O)NCCN(C)CCN1CC[N+](C)=C1C.[I][V]([I])[I]. The minimum absolute atomic E-state index is 0.0451. The van der Waals surface area contributed by atoms with Gasteiger partial charge in [0.05, 0.1) is 13.6 Å². The first kappa shape index (κ1) is 22.7. The molecule has 0 bridgehead atoms. The average molecular weight is 673 g/mol. The van der Waals surface area contributed by atoms with E-state index in [0.29, 0.717) is 0 Å². The first-order valence-electron chi connectivity index (χ1n) is 6.74. The van der Waals surface area contributed by atoms with Crippen molar-refractivity contribution < 1.29 is 14.3 Å². The molecular formula is C12H25I3N4OV+. The van der Waals surface area contributed by atoms with E-state index in [1.165, 1.54) is 5.84 Å². The van der Waals surface area contributed by atoms with Crippen LogP contribution in [-0.2, 0) is 9.72 Å². The standard InChI is InChI=1S/C12H24N4O.3HI.V/c1-11(17)13-5-6-14(3)7-9-16-10-8-15(4)12(16)2;;;;/h5-10H2,1-4H3;3*1H;/q;;;;+3/p-2. The Kier molecular flexibility index (Phi) is 14.1. The normalized spacial score (nSPS) is 14.6. The first-order chi connectivity index (χ1) is 9.73. The van der Waals surface area contributed by atoms with Crippen LogP contribution in [0, 0.1) is 0 Å². The molecule has 1 aliphatic rings. The van der Waals surface area contributed by atoms with Gasteiger partial charge in [0.2, 0.25) is 11.7 Å². The van der Waals surface area contributed by atoms with Crippen molar-refractivity contribution in [1.82, 2.24) is 15.1 Å². The number of carbonyl (C=O) groups is 1. The fourth-order valence-electron chi connectivity index (χ4n) is 1.94. The summed E-state index contributed by atoms with van der Waals surface area (Å²) in [5.74, 6) is 1.41. The molecule has 9 heteroatoms. The molecule has 21 heavy (non-hydrogen) atoms. The van der Waals surface area contributed by atoms with Crippen molar-refractivity contribution in [3.05, 3.63) is 0 Å². The van der Waals surface area contributed by atoms with E-state index < -0.39 is 0 Å². The number of amides is 1. The van der Waals surface area contributed by atoms with Crippen LogP contribution in [0.25, 0.3) is 0 Å². The molecule has 1 rings (SSSR count). The monoisotopic (exact) mass is 673 g/mol. The predicted molar refractivity (Wildman–Crippen MR) is 112 cm³/mol. The molecule has 0 fully saturated rings. The number of rotatable bonds is 6. The molecule has 5 nitrogen and oxygen atoms in total. The molecule has 0 spiro atoms. The van der Waals surface area contributed by atoms with Crippen LogP contribution in [0.2, 0.25) is 0 Å². The van der Waals surface area contributed by atoms with E-state index in [9.17, 15) is 4.79 Å². The molecule has 0 aromatic heterocycles. The van der Waals surface area contributed by atoms with E-state index in [1.807, 2.05) is 0 Å². The van der Waals surface area contributed by atoms with Crippen molar-refractivity contribution in [2.24, 2.45) is 0 Å². The van der Waals surface area contributed by atoms with Gasteiger partial charge in [0.15, 0.2) is 0 Å². The molecule has 0 saturated heterocycles. The van der Waals surface area contributed by atoms with Gasteiger partial charge in [-0.15, -0.1) is 0 Å². The second-order valence-corrected chi connectivity index (χ2v) is 40.3. The van der Waals surface area contributed by atoms with Crippen LogP contribution >= 0.6 is 59.9 Å². The summed E-state index contributed by atoms with van der Waals surface area (Å²) in [4.78, 5) is 15.1. The van der Waals surface area contributed by atoms with Gasteiger partial charge in [-0.3, -0.25) is 14.3 Å². The van der Waals surface area contributed by atoms with Gasteiger partial charge in [0, 0.05) is 33.5 Å². The van der Waals surface area contributed by atoms with Crippen LogP contribution in [0.5, 0.6) is 0 Å². The Labute approximate surface area is 166 Å². The van der Waals surface area contributed by atoms with Crippen LogP contribution in [0.1, 0.15) is 13.8 Å². The van der Waals surface area contributed by atoms with Crippen LogP contribution in [0.3, 0.4) is 0 Å². The first-order valence-corrected chi connectivity index (χ1v) is 20.3. The molecule has 1 N–H and O–H groups in total. The molecule has 0 aromatic carbocycles. The van der Waals surface area contributed by atoms with E-state index in [4.69, 9.17) is 0 Å². The summed E-state index contributed by atoms with van der Waals surface area (Å²) in [5, 5.41) is 2.81. The molecule has 124 valence electrons. The molecule has 0 aromatic rings. The number of amidine groups is 1. The van der Waals surface area contributed by atoms with Crippen molar-refractivity contribution >= 4 is 71.7 Å². The van der Waals surface area contributed by atoms with Crippen molar-refractivity contribution in [2.75, 3.05) is 53.4 Å². The Balaban J connectivity index is 0.000000885.